The van der Waals surface area contributed by atoms with Crippen LogP contribution in [0.25, 0.3) is 11.0 Å². The second-order valence-electron chi connectivity index (χ2n) is 7.50. The first kappa shape index (κ1) is 25.5. The molecule has 10 nitrogen and oxygen atoms in total. The van der Waals surface area contributed by atoms with Gasteiger partial charge in [0.15, 0.2) is 6.61 Å². The lowest BCUT2D eigenvalue weighted by Crippen LogP contribution is -2.21. The predicted molar refractivity (Wildman–Crippen MR) is 126 cm³/mol. The van der Waals surface area contributed by atoms with Gasteiger partial charge in [-0.05, 0) is 42.5 Å². The molecule has 0 saturated heterocycles. The maximum absolute atomic E-state index is 13.0. The Morgan fingerprint density at radius 1 is 1.00 bits per heavy atom. The number of nitro benzene ring substituents is 1. The minimum atomic E-state index is -4.76. The van der Waals surface area contributed by atoms with Crippen molar-refractivity contribution in [1.82, 2.24) is 9.97 Å². The number of carbonyl (C=O) groups excluding carboxylic acids is 2. The van der Waals surface area contributed by atoms with Crippen LogP contribution in [0.4, 0.5) is 24.5 Å². The number of H-pyrrole nitrogens is 2. The normalized spacial score (nSPS) is 11.3. The molecule has 37 heavy (non-hydrogen) atoms. The molecule has 3 aromatic carbocycles. The topological polar surface area (TPSA) is 147 Å². The summed E-state index contributed by atoms with van der Waals surface area (Å²) in [6.45, 7) is -0.667. The molecule has 4 aromatic rings. The largest absolute Gasteiger partial charge is 0.452 e. The van der Waals surface area contributed by atoms with Gasteiger partial charge in [-0.2, -0.15) is 13.2 Å². The molecule has 4 rings (SSSR count). The van der Waals surface area contributed by atoms with Gasteiger partial charge in [-0.3, -0.25) is 14.9 Å². The number of fused-ring (bicyclic) bond motifs is 1. The first-order valence-electron chi connectivity index (χ1n) is 10.3. The Hall–Kier alpha value is -4.59. The number of hydrogen-bond donors (Lipinski definition) is 3. The number of imidazole rings is 1. The lowest BCUT2D eigenvalue weighted by Gasteiger charge is -2.11. The molecule has 14 heteroatoms. The molecule has 0 radical (unpaired) electrons. The summed E-state index contributed by atoms with van der Waals surface area (Å²) < 4.78 is 44.0. The summed E-state index contributed by atoms with van der Waals surface area (Å²) in [6, 6.07) is 12.5. The standard InChI is InChI=1S/C23H15F3N4O6S/c24-23(25,26)12-5-8-19(17(9-12)30(34)35)37-18-4-2-1-3-14(18)21(32)36-11-20(31)27-13-6-7-15-16(10-13)29-22(33)28-15/h1-10H,11H2,(H,27,31)(H2,28,29,33). The molecule has 0 aliphatic heterocycles. The van der Waals surface area contributed by atoms with Crippen LogP contribution in [0.1, 0.15) is 15.9 Å². The van der Waals surface area contributed by atoms with E-state index in [1.807, 2.05) is 0 Å². The molecule has 0 unspecified atom stereocenters. The van der Waals surface area contributed by atoms with Crippen LogP contribution in [-0.2, 0) is 15.7 Å². The highest BCUT2D eigenvalue weighted by Crippen LogP contribution is 2.40. The third-order valence-electron chi connectivity index (χ3n) is 4.94. The monoisotopic (exact) mass is 532 g/mol. The number of nitro groups is 1. The van der Waals surface area contributed by atoms with Gasteiger partial charge in [0.05, 0.1) is 32.0 Å². The smallest absolute Gasteiger partial charge is 0.416 e. The molecule has 190 valence electrons. The summed E-state index contributed by atoms with van der Waals surface area (Å²) in [5.74, 6) is -1.59. The van der Waals surface area contributed by atoms with Crippen molar-refractivity contribution in [1.29, 1.82) is 0 Å². The van der Waals surface area contributed by atoms with E-state index in [0.29, 0.717) is 40.6 Å². The number of nitrogens with zero attached hydrogens (tertiary/aromatic N) is 1. The highest BCUT2D eigenvalue weighted by Gasteiger charge is 2.33. The van der Waals surface area contributed by atoms with Crippen LogP contribution >= 0.6 is 11.8 Å². The van der Waals surface area contributed by atoms with Crippen molar-refractivity contribution in [2.45, 2.75) is 16.0 Å². The van der Waals surface area contributed by atoms with E-state index in [1.165, 1.54) is 36.4 Å². The van der Waals surface area contributed by atoms with Gasteiger partial charge in [-0.25, -0.2) is 9.59 Å². The zero-order valence-corrected chi connectivity index (χ0v) is 19.2. The zero-order chi connectivity index (χ0) is 26.7. The van der Waals surface area contributed by atoms with Gasteiger partial charge in [-0.15, -0.1) is 0 Å². The molecule has 1 aromatic heterocycles. The molecule has 0 spiro atoms. The van der Waals surface area contributed by atoms with Crippen molar-refractivity contribution in [2.24, 2.45) is 0 Å². The average molecular weight is 532 g/mol. The third-order valence-corrected chi connectivity index (χ3v) is 6.08. The Bertz CT molecular complexity index is 1580. The molecule has 1 heterocycles. The van der Waals surface area contributed by atoms with Gasteiger partial charge in [0, 0.05) is 16.6 Å². The predicted octanol–water partition coefficient (Wildman–Crippen LogP) is 4.73. The Labute approximate surface area is 209 Å². The van der Waals surface area contributed by atoms with Gasteiger partial charge in [0.2, 0.25) is 0 Å². The number of amides is 1. The quantitative estimate of drug-likeness (QED) is 0.177. The van der Waals surface area contributed by atoms with Gasteiger partial charge in [-0.1, -0.05) is 23.9 Å². The summed E-state index contributed by atoms with van der Waals surface area (Å²) >= 11 is 0.714. The van der Waals surface area contributed by atoms with Gasteiger partial charge < -0.3 is 20.0 Å². The Balaban J connectivity index is 1.46. The summed E-state index contributed by atoms with van der Waals surface area (Å²) in [5, 5.41) is 13.9. The first-order valence-corrected chi connectivity index (χ1v) is 11.1. The lowest BCUT2D eigenvalue weighted by atomic mass is 10.2. The molecule has 0 atom stereocenters. The highest BCUT2D eigenvalue weighted by molar-refractivity contribution is 7.99. The number of ether oxygens (including phenoxy) is 1. The number of esters is 1. The van der Waals surface area contributed by atoms with E-state index in [1.54, 1.807) is 6.07 Å². The molecule has 0 fully saturated rings. The third kappa shape index (κ3) is 5.98. The highest BCUT2D eigenvalue weighted by atomic mass is 32.2. The molecule has 0 aliphatic carbocycles. The Morgan fingerprint density at radius 3 is 2.46 bits per heavy atom. The Morgan fingerprint density at radius 2 is 1.73 bits per heavy atom. The second kappa shape index (κ2) is 10.2. The number of rotatable bonds is 7. The molecule has 0 aliphatic rings. The van der Waals surface area contributed by atoms with Crippen LogP contribution < -0.4 is 11.0 Å². The fourth-order valence-electron chi connectivity index (χ4n) is 3.28. The average Bonchev–Trinajstić information content (AvgIpc) is 3.21. The molecular formula is C23H15F3N4O6S. The maximum atomic E-state index is 13.0. The van der Waals surface area contributed by atoms with Crippen molar-refractivity contribution in [3.63, 3.8) is 0 Å². The number of carbonyl (C=O) groups is 2. The number of benzene rings is 3. The number of halogens is 3. The summed E-state index contributed by atoms with van der Waals surface area (Å²) in [6.07, 6.45) is -4.76. The van der Waals surface area contributed by atoms with Crippen LogP contribution in [0, 0.1) is 10.1 Å². The van der Waals surface area contributed by atoms with Gasteiger partial charge in [0.1, 0.15) is 0 Å². The summed E-state index contributed by atoms with van der Waals surface area (Å²) in [5.41, 5.74) is -1.06. The van der Waals surface area contributed by atoms with E-state index in [0.717, 1.165) is 6.07 Å². The van der Waals surface area contributed by atoms with Crippen LogP contribution in [0.2, 0.25) is 0 Å². The zero-order valence-electron chi connectivity index (χ0n) is 18.4. The van der Waals surface area contributed by atoms with Crippen LogP contribution in [-0.4, -0.2) is 33.4 Å². The van der Waals surface area contributed by atoms with E-state index in [9.17, 15) is 37.7 Å². The van der Waals surface area contributed by atoms with Crippen molar-refractivity contribution < 1.29 is 32.4 Å². The number of aromatic amines is 2. The van der Waals surface area contributed by atoms with Crippen molar-refractivity contribution >= 4 is 46.0 Å². The number of hydrogen-bond acceptors (Lipinski definition) is 7. The molecule has 3 N–H and O–H groups in total. The van der Waals surface area contributed by atoms with Crippen molar-refractivity contribution in [3.8, 4) is 0 Å². The van der Waals surface area contributed by atoms with Crippen LogP contribution in [0.15, 0.2) is 75.2 Å². The van der Waals surface area contributed by atoms with Crippen LogP contribution in [0.3, 0.4) is 0 Å². The number of aromatic nitrogens is 2. The fraction of sp³-hybridized carbons (Fsp3) is 0.0870. The van der Waals surface area contributed by atoms with E-state index in [-0.39, 0.29) is 15.4 Å². The summed E-state index contributed by atoms with van der Waals surface area (Å²) in [4.78, 5) is 51.9. The van der Waals surface area contributed by atoms with Crippen molar-refractivity contribution in [2.75, 3.05) is 11.9 Å². The maximum Gasteiger partial charge on any atom is 0.416 e. The molecular weight excluding hydrogens is 517 g/mol. The molecule has 0 saturated carbocycles. The van der Waals surface area contributed by atoms with E-state index in [4.69, 9.17) is 4.74 Å². The number of alkyl halides is 3. The summed E-state index contributed by atoms with van der Waals surface area (Å²) in [7, 11) is 0. The number of nitrogens with one attached hydrogen (secondary N) is 3. The van der Waals surface area contributed by atoms with Gasteiger partial charge in [0.25, 0.3) is 11.6 Å². The molecule has 1 amide bonds. The minimum absolute atomic E-state index is 0.0409. The SMILES string of the molecule is O=C(COC(=O)c1ccccc1Sc1ccc(C(F)(F)F)cc1[N+](=O)[O-])Nc1ccc2[nH]c(=O)[nH]c2c1. The number of anilines is 1. The first-order chi connectivity index (χ1) is 17.5. The lowest BCUT2D eigenvalue weighted by molar-refractivity contribution is -0.388. The van der Waals surface area contributed by atoms with Crippen LogP contribution in [0.5, 0.6) is 0 Å². The Kier molecular flexibility index (Phi) is 7.02. The van der Waals surface area contributed by atoms with E-state index < -0.39 is 46.5 Å². The fourth-order valence-corrected chi connectivity index (χ4v) is 4.30. The van der Waals surface area contributed by atoms with Gasteiger partial charge >= 0.3 is 17.8 Å². The minimum Gasteiger partial charge on any atom is -0.452 e. The van der Waals surface area contributed by atoms with E-state index in [2.05, 4.69) is 15.3 Å². The van der Waals surface area contributed by atoms with Crippen molar-refractivity contribution in [3.05, 3.63) is 92.4 Å². The second-order valence-corrected chi connectivity index (χ2v) is 8.58. The molecule has 0 bridgehead atoms. The van der Waals surface area contributed by atoms with E-state index >= 15 is 0 Å².